The van der Waals surface area contributed by atoms with E-state index in [0.717, 1.165) is 54.0 Å². The molecule has 0 amide bonds. The van der Waals surface area contributed by atoms with Gasteiger partial charge >= 0.3 is 0 Å². The maximum absolute atomic E-state index is 11.3. The van der Waals surface area contributed by atoms with Crippen molar-refractivity contribution < 1.29 is 8.42 Å². The van der Waals surface area contributed by atoms with E-state index in [1.807, 2.05) is 24.3 Å². The molecule has 1 saturated heterocycles. The largest absolute Gasteiger partial charge is 0.299 e. The molecule has 5 nitrogen and oxygen atoms in total. The van der Waals surface area contributed by atoms with Crippen LogP contribution in [0.5, 0.6) is 0 Å². The minimum atomic E-state index is -3.14. The summed E-state index contributed by atoms with van der Waals surface area (Å²) in [5.74, 6) is 0.329. The Bertz CT molecular complexity index is 826. The van der Waals surface area contributed by atoms with Crippen LogP contribution < -0.4 is 4.72 Å². The number of rotatable bonds is 5. The summed E-state index contributed by atoms with van der Waals surface area (Å²) in [6.07, 6.45) is 5.10. The molecule has 1 fully saturated rings. The van der Waals surface area contributed by atoms with Crippen molar-refractivity contribution >= 4 is 32.5 Å². The second-order valence-electron chi connectivity index (χ2n) is 6.47. The van der Waals surface area contributed by atoms with Gasteiger partial charge in [0.05, 0.1) is 11.8 Å². The van der Waals surface area contributed by atoms with Crippen LogP contribution in [0.25, 0.3) is 10.9 Å². The molecule has 0 saturated carbocycles. The van der Waals surface area contributed by atoms with Gasteiger partial charge < -0.3 is 0 Å². The molecule has 1 N–H and O–H groups in total. The van der Waals surface area contributed by atoms with Crippen LogP contribution in [-0.2, 0) is 16.6 Å². The number of sulfonamides is 1. The Morgan fingerprint density at radius 1 is 1.38 bits per heavy atom. The summed E-state index contributed by atoms with van der Waals surface area (Å²) in [6.45, 7) is 3.09. The predicted octanol–water partition coefficient (Wildman–Crippen LogP) is 2.65. The number of likely N-dealkylation sites (tertiary alicyclic amines) is 1. The molecule has 2 heterocycles. The lowest BCUT2D eigenvalue weighted by atomic mass is 9.97. The normalized spacial score (nSPS) is 19.7. The second-order valence-corrected chi connectivity index (χ2v) is 8.71. The van der Waals surface area contributed by atoms with E-state index in [-0.39, 0.29) is 0 Å². The van der Waals surface area contributed by atoms with Gasteiger partial charge in [0.15, 0.2) is 0 Å². The van der Waals surface area contributed by atoms with Crippen LogP contribution in [0.2, 0.25) is 5.02 Å². The van der Waals surface area contributed by atoms with Crippen molar-refractivity contribution in [3.8, 4) is 0 Å². The van der Waals surface area contributed by atoms with Crippen LogP contribution >= 0.6 is 11.6 Å². The summed E-state index contributed by atoms with van der Waals surface area (Å²) in [5, 5.41) is 1.82. The first kappa shape index (κ1) is 17.6. The molecule has 0 aliphatic carbocycles. The predicted molar refractivity (Wildman–Crippen MR) is 97.6 cm³/mol. The first-order valence-corrected chi connectivity index (χ1v) is 10.4. The van der Waals surface area contributed by atoms with Crippen LogP contribution in [0, 0.1) is 5.92 Å². The van der Waals surface area contributed by atoms with Gasteiger partial charge in [0.1, 0.15) is 0 Å². The lowest BCUT2D eigenvalue weighted by Crippen LogP contribution is -2.40. The number of piperidine rings is 1. The van der Waals surface area contributed by atoms with Crippen molar-refractivity contribution in [3.05, 3.63) is 41.0 Å². The topological polar surface area (TPSA) is 62.3 Å². The summed E-state index contributed by atoms with van der Waals surface area (Å²) < 4.78 is 25.2. The Balaban J connectivity index is 1.73. The highest BCUT2D eigenvalue weighted by Crippen LogP contribution is 2.27. The maximum atomic E-state index is 11.3. The fraction of sp³-hybridized carbons (Fsp3) is 0.471. The summed E-state index contributed by atoms with van der Waals surface area (Å²) >= 11 is 6.42. The lowest BCUT2D eigenvalue weighted by Gasteiger charge is -2.33. The van der Waals surface area contributed by atoms with E-state index in [2.05, 4.69) is 14.6 Å². The molecule has 1 atom stereocenters. The van der Waals surface area contributed by atoms with Crippen molar-refractivity contribution in [2.75, 3.05) is 25.9 Å². The molecule has 1 aliphatic heterocycles. The molecule has 130 valence electrons. The van der Waals surface area contributed by atoms with Gasteiger partial charge in [-0.3, -0.25) is 9.88 Å². The van der Waals surface area contributed by atoms with Crippen molar-refractivity contribution in [3.63, 3.8) is 0 Å². The number of nitrogens with one attached hydrogen (secondary N) is 1. The van der Waals surface area contributed by atoms with E-state index < -0.39 is 10.0 Å². The van der Waals surface area contributed by atoms with Crippen molar-refractivity contribution in [2.24, 2.45) is 5.92 Å². The monoisotopic (exact) mass is 367 g/mol. The highest BCUT2D eigenvalue weighted by Gasteiger charge is 2.22. The van der Waals surface area contributed by atoms with E-state index in [1.165, 1.54) is 6.26 Å². The smallest absolute Gasteiger partial charge is 0.208 e. The molecule has 7 heteroatoms. The van der Waals surface area contributed by atoms with E-state index >= 15 is 0 Å². The Kier molecular flexibility index (Phi) is 5.39. The second kappa shape index (κ2) is 7.35. The van der Waals surface area contributed by atoms with Gasteiger partial charge in [-0.2, -0.15) is 0 Å². The number of hydrogen-bond acceptors (Lipinski definition) is 4. The summed E-state index contributed by atoms with van der Waals surface area (Å²) in [6, 6.07) is 7.88. The number of nitrogens with zero attached hydrogens (tertiary/aromatic N) is 2. The van der Waals surface area contributed by atoms with Crippen LogP contribution in [0.15, 0.2) is 30.5 Å². The minimum absolute atomic E-state index is 0.329. The third kappa shape index (κ3) is 4.45. The van der Waals surface area contributed by atoms with Crippen molar-refractivity contribution in [2.45, 2.75) is 19.4 Å². The fourth-order valence-electron chi connectivity index (χ4n) is 3.29. The average Bonchev–Trinajstić information content (AvgIpc) is 2.55. The van der Waals surface area contributed by atoms with Crippen LogP contribution in [0.3, 0.4) is 0 Å². The number of fused-ring (bicyclic) bond motifs is 1. The summed E-state index contributed by atoms with van der Waals surface area (Å²) in [7, 11) is -3.14. The van der Waals surface area contributed by atoms with Crippen molar-refractivity contribution in [1.29, 1.82) is 0 Å². The molecular formula is C17H22ClN3O2S. The molecule has 24 heavy (non-hydrogen) atoms. The van der Waals surface area contributed by atoms with E-state index in [9.17, 15) is 8.42 Å². The number of pyridine rings is 1. The molecule has 0 bridgehead atoms. The molecule has 0 radical (unpaired) electrons. The molecule has 1 aromatic carbocycles. The Morgan fingerprint density at radius 2 is 2.21 bits per heavy atom. The Morgan fingerprint density at radius 3 is 3.00 bits per heavy atom. The molecule has 1 unspecified atom stereocenters. The van der Waals surface area contributed by atoms with Crippen LogP contribution in [0.4, 0.5) is 0 Å². The average molecular weight is 368 g/mol. The molecule has 1 aromatic heterocycles. The van der Waals surface area contributed by atoms with Gasteiger partial charge in [0, 0.05) is 41.8 Å². The van der Waals surface area contributed by atoms with E-state index in [0.29, 0.717) is 12.5 Å². The van der Waals surface area contributed by atoms with E-state index in [4.69, 9.17) is 11.6 Å². The van der Waals surface area contributed by atoms with Gasteiger partial charge in [-0.1, -0.05) is 23.7 Å². The molecule has 1 aliphatic rings. The Hall–Kier alpha value is -1.21. The van der Waals surface area contributed by atoms with Gasteiger partial charge in [-0.05, 0) is 37.4 Å². The first-order valence-electron chi connectivity index (χ1n) is 8.11. The zero-order chi connectivity index (χ0) is 17.2. The number of hydrogen-bond donors (Lipinski definition) is 1. The lowest BCUT2D eigenvalue weighted by molar-refractivity contribution is 0.169. The van der Waals surface area contributed by atoms with Gasteiger partial charge in [-0.15, -0.1) is 0 Å². The van der Waals surface area contributed by atoms with Crippen molar-refractivity contribution in [1.82, 2.24) is 14.6 Å². The molecule has 3 rings (SSSR count). The summed E-state index contributed by atoms with van der Waals surface area (Å²) in [5.41, 5.74) is 1.99. The van der Waals surface area contributed by atoms with Crippen LogP contribution in [0.1, 0.15) is 18.4 Å². The highest BCUT2D eigenvalue weighted by molar-refractivity contribution is 7.88. The SMILES string of the molecule is CS(=O)(=O)NCC1CCCN(Cc2c(Cl)ccc3cccnc23)C1. The number of aromatic nitrogens is 1. The fourth-order valence-corrected chi connectivity index (χ4v) is 4.04. The number of benzene rings is 1. The summed E-state index contributed by atoms with van der Waals surface area (Å²) in [4.78, 5) is 6.83. The van der Waals surface area contributed by atoms with Crippen LogP contribution in [-0.4, -0.2) is 44.2 Å². The quantitative estimate of drug-likeness (QED) is 0.882. The standard InChI is InChI=1S/C17H22ClN3O2S/c1-24(22,23)20-10-13-4-3-9-21(11-13)12-15-16(18)7-6-14-5-2-8-19-17(14)15/h2,5-8,13,20H,3-4,9-12H2,1H3. The first-order chi connectivity index (χ1) is 11.4. The third-order valence-corrected chi connectivity index (χ3v) is 5.49. The molecular weight excluding hydrogens is 346 g/mol. The minimum Gasteiger partial charge on any atom is -0.299 e. The van der Waals surface area contributed by atoms with E-state index in [1.54, 1.807) is 6.20 Å². The number of halogens is 1. The third-order valence-electron chi connectivity index (χ3n) is 4.44. The zero-order valence-corrected chi connectivity index (χ0v) is 15.3. The molecule has 2 aromatic rings. The van der Waals surface area contributed by atoms with Gasteiger partial charge in [0.25, 0.3) is 0 Å². The maximum Gasteiger partial charge on any atom is 0.208 e. The van der Waals surface area contributed by atoms with Gasteiger partial charge in [0.2, 0.25) is 10.0 Å². The zero-order valence-electron chi connectivity index (χ0n) is 13.7. The highest BCUT2D eigenvalue weighted by atomic mass is 35.5. The Labute approximate surface area is 148 Å². The molecule has 0 spiro atoms. The van der Waals surface area contributed by atoms with Gasteiger partial charge in [-0.25, -0.2) is 13.1 Å².